The maximum Gasteiger partial charge on any atom is 0.0794 e. The van der Waals surface area contributed by atoms with Gasteiger partial charge in [-0.05, 0) is 18.8 Å². The highest BCUT2D eigenvalue weighted by Crippen LogP contribution is 2.26. The van der Waals surface area contributed by atoms with Crippen LogP contribution in [0.3, 0.4) is 0 Å². The van der Waals surface area contributed by atoms with Crippen LogP contribution in [0.25, 0.3) is 0 Å². The number of hydrogen-bond acceptors (Lipinski definition) is 3. The van der Waals surface area contributed by atoms with Crippen LogP contribution in [-0.2, 0) is 6.42 Å². The number of hydrogen-bond donors (Lipinski definition) is 1. The Morgan fingerprint density at radius 1 is 1.44 bits per heavy atom. The van der Waals surface area contributed by atoms with E-state index >= 15 is 0 Å². The van der Waals surface area contributed by atoms with E-state index in [1.54, 1.807) is 11.3 Å². The minimum atomic E-state index is 0.761. The third-order valence-electron chi connectivity index (χ3n) is 3.70. The molecule has 1 aromatic heterocycles. The summed E-state index contributed by atoms with van der Waals surface area (Å²) in [7, 11) is 0. The van der Waals surface area contributed by atoms with Gasteiger partial charge in [0, 0.05) is 24.4 Å². The van der Waals surface area contributed by atoms with Crippen LogP contribution in [0.2, 0.25) is 0 Å². The van der Waals surface area contributed by atoms with E-state index < -0.39 is 0 Å². The molecule has 0 spiro atoms. The summed E-state index contributed by atoms with van der Waals surface area (Å²) in [6, 6.07) is 0.761. The lowest BCUT2D eigenvalue weighted by Crippen LogP contribution is -2.39. The van der Waals surface area contributed by atoms with Gasteiger partial charge in [0.15, 0.2) is 0 Å². The summed E-state index contributed by atoms with van der Waals surface area (Å²) in [5.41, 5.74) is 3.16. The topological polar surface area (TPSA) is 24.9 Å². The number of nitrogens with one attached hydrogen (secondary N) is 1. The van der Waals surface area contributed by atoms with Crippen LogP contribution in [-0.4, -0.2) is 17.6 Å². The van der Waals surface area contributed by atoms with Crippen molar-refractivity contribution in [1.82, 2.24) is 10.3 Å². The van der Waals surface area contributed by atoms with Crippen molar-refractivity contribution in [3.05, 3.63) is 16.6 Å². The first-order valence-electron chi connectivity index (χ1n) is 6.50. The summed E-state index contributed by atoms with van der Waals surface area (Å²) in [5.74, 6) is 0.907. The molecular weight excluding hydrogens is 216 g/mol. The number of rotatable bonds is 5. The van der Waals surface area contributed by atoms with E-state index in [2.05, 4.69) is 22.6 Å². The molecule has 2 rings (SSSR count). The van der Waals surface area contributed by atoms with Crippen LogP contribution < -0.4 is 5.32 Å². The standard InChI is InChI=1S/C13H22N2S/c1-2-11-5-3-4-6-13(11)14-8-7-12-9-16-10-15-12/h9-11,13-14H,2-8H2,1H3. The summed E-state index contributed by atoms with van der Waals surface area (Å²) < 4.78 is 0. The molecule has 16 heavy (non-hydrogen) atoms. The maximum atomic E-state index is 4.32. The second-order valence-electron chi connectivity index (χ2n) is 4.74. The van der Waals surface area contributed by atoms with Crippen molar-refractivity contribution in [2.45, 2.75) is 51.5 Å². The average molecular weight is 238 g/mol. The van der Waals surface area contributed by atoms with E-state index in [9.17, 15) is 0 Å². The third kappa shape index (κ3) is 3.29. The Bertz CT molecular complexity index is 284. The van der Waals surface area contributed by atoms with E-state index in [-0.39, 0.29) is 0 Å². The molecule has 1 aliphatic carbocycles. The molecule has 2 nitrogen and oxygen atoms in total. The normalized spacial score (nSPS) is 25.8. The van der Waals surface area contributed by atoms with Crippen LogP contribution in [0.4, 0.5) is 0 Å². The van der Waals surface area contributed by atoms with Crippen LogP contribution in [0.1, 0.15) is 44.7 Å². The van der Waals surface area contributed by atoms with Crippen LogP contribution >= 0.6 is 11.3 Å². The van der Waals surface area contributed by atoms with Gasteiger partial charge < -0.3 is 5.32 Å². The Balaban J connectivity index is 1.71. The molecule has 0 aromatic carbocycles. The van der Waals surface area contributed by atoms with Crippen LogP contribution in [0.5, 0.6) is 0 Å². The Kier molecular flexibility index (Phi) is 4.79. The number of aromatic nitrogens is 1. The summed E-state index contributed by atoms with van der Waals surface area (Å²) in [4.78, 5) is 4.32. The minimum Gasteiger partial charge on any atom is -0.313 e. The second kappa shape index (κ2) is 6.36. The molecule has 0 amide bonds. The van der Waals surface area contributed by atoms with Gasteiger partial charge in [0.25, 0.3) is 0 Å². The zero-order chi connectivity index (χ0) is 11.2. The van der Waals surface area contributed by atoms with Gasteiger partial charge in [-0.2, -0.15) is 0 Å². The fourth-order valence-electron chi connectivity index (χ4n) is 2.71. The quantitative estimate of drug-likeness (QED) is 0.852. The largest absolute Gasteiger partial charge is 0.313 e. The highest BCUT2D eigenvalue weighted by molar-refractivity contribution is 7.07. The minimum absolute atomic E-state index is 0.761. The van der Waals surface area contributed by atoms with Crippen LogP contribution in [0.15, 0.2) is 10.9 Å². The molecule has 0 saturated heterocycles. The lowest BCUT2D eigenvalue weighted by molar-refractivity contribution is 0.257. The van der Waals surface area contributed by atoms with Gasteiger partial charge in [-0.15, -0.1) is 11.3 Å². The Morgan fingerprint density at radius 3 is 3.06 bits per heavy atom. The molecule has 1 fully saturated rings. The van der Waals surface area contributed by atoms with Crippen molar-refractivity contribution < 1.29 is 0 Å². The zero-order valence-corrected chi connectivity index (χ0v) is 10.9. The SMILES string of the molecule is CCC1CCCCC1NCCc1cscn1. The Labute approximate surface area is 102 Å². The van der Waals surface area contributed by atoms with E-state index in [4.69, 9.17) is 0 Å². The van der Waals surface area contributed by atoms with Gasteiger partial charge in [-0.3, -0.25) is 0 Å². The molecular formula is C13H22N2S. The van der Waals surface area contributed by atoms with Crippen molar-refractivity contribution in [2.24, 2.45) is 5.92 Å². The van der Waals surface area contributed by atoms with Crippen molar-refractivity contribution in [3.63, 3.8) is 0 Å². The lowest BCUT2D eigenvalue weighted by atomic mass is 9.83. The first-order valence-corrected chi connectivity index (χ1v) is 7.45. The molecule has 1 aromatic rings. The second-order valence-corrected chi connectivity index (χ2v) is 5.46. The fraction of sp³-hybridized carbons (Fsp3) is 0.769. The third-order valence-corrected chi connectivity index (χ3v) is 4.34. The van der Waals surface area contributed by atoms with Crippen LogP contribution in [0, 0.1) is 5.92 Å². The molecule has 0 radical (unpaired) electrons. The average Bonchev–Trinajstić information content (AvgIpc) is 2.83. The Morgan fingerprint density at radius 2 is 2.31 bits per heavy atom. The smallest absolute Gasteiger partial charge is 0.0794 e. The highest BCUT2D eigenvalue weighted by atomic mass is 32.1. The zero-order valence-electron chi connectivity index (χ0n) is 10.1. The van der Waals surface area contributed by atoms with Gasteiger partial charge in [-0.25, -0.2) is 4.98 Å². The molecule has 2 atom stereocenters. The van der Waals surface area contributed by atoms with E-state index in [1.165, 1.54) is 37.8 Å². The van der Waals surface area contributed by atoms with Gasteiger partial charge in [0.05, 0.1) is 11.2 Å². The number of thiazole rings is 1. The number of nitrogens with zero attached hydrogens (tertiary/aromatic N) is 1. The predicted molar refractivity (Wildman–Crippen MR) is 69.9 cm³/mol. The molecule has 0 aliphatic heterocycles. The molecule has 0 bridgehead atoms. The maximum absolute atomic E-state index is 4.32. The molecule has 1 saturated carbocycles. The van der Waals surface area contributed by atoms with Gasteiger partial charge in [0.2, 0.25) is 0 Å². The molecule has 1 N–H and O–H groups in total. The van der Waals surface area contributed by atoms with Crippen molar-refractivity contribution in [2.75, 3.05) is 6.54 Å². The van der Waals surface area contributed by atoms with E-state index in [1.807, 2.05) is 5.51 Å². The van der Waals surface area contributed by atoms with E-state index in [0.717, 1.165) is 24.9 Å². The van der Waals surface area contributed by atoms with E-state index in [0.29, 0.717) is 0 Å². The monoisotopic (exact) mass is 238 g/mol. The van der Waals surface area contributed by atoms with Crippen molar-refractivity contribution in [1.29, 1.82) is 0 Å². The molecule has 1 aliphatic rings. The first kappa shape index (κ1) is 12.1. The Hall–Kier alpha value is -0.410. The van der Waals surface area contributed by atoms with Gasteiger partial charge >= 0.3 is 0 Å². The summed E-state index contributed by atoms with van der Waals surface area (Å²) in [5, 5.41) is 5.88. The highest BCUT2D eigenvalue weighted by Gasteiger charge is 2.22. The fourth-order valence-corrected chi connectivity index (χ4v) is 3.30. The molecule has 2 unspecified atom stereocenters. The molecule has 3 heteroatoms. The van der Waals surface area contributed by atoms with Gasteiger partial charge in [0.1, 0.15) is 0 Å². The summed E-state index contributed by atoms with van der Waals surface area (Å²) in [6.45, 7) is 3.41. The van der Waals surface area contributed by atoms with Crippen molar-refractivity contribution >= 4 is 11.3 Å². The summed E-state index contributed by atoms with van der Waals surface area (Å²) in [6.07, 6.45) is 8.04. The lowest BCUT2D eigenvalue weighted by Gasteiger charge is -2.31. The first-order chi connectivity index (χ1) is 7.90. The predicted octanol–water partition coefficient (Wildman–Crippen LogP) is 3.24. The summed E-state index contributed by atoms with van der Waals surface area (Å²) >= 11 is 1.69. The molecule has 1 heterocycles. The van der Waals surface area contributed by atoms with Gasteiger partial charge in [-0.1, -0.05) is 26.2 Å². The van der Waals surface area contributed by atoms with Crippen molar-refractivity contribution in [3.8, 4) is 0 Å². The molecule has 90 valence electrons.